The maximum Gasteiger partial charge on any atom is 0.120 e. The highest BCUT2D eigenvalue weighted by molar-refractivity contribution is 7.80. The smallest absolute Gasteiger partial charge is 0.120 e. The van der Waals surface area contributed by atoms with Gasteiger partial charge in [-0.15, -0.1) is 24.0 Å². The number of fused-ring (bicyclic) bond motifs is 1. The molecule has 1 unspecified atom stereocenters. The molecule has 0 aliphatic carbocycles. The van der Waals surface area contributed by atoms with Gasteiger partial charge in [0.2, 0.25) is 0 Å². The van der Waals surface area contributed by atoms with Crippen LogP contribution in [0, 0.1) is 20.8 Å². The van der Waals surface area contributed by atoms with Gasteiger partial charge < -0.3 is 15.7 Å². The number of anilines is 1. The van der Waals surface area contributed by atoms with E-state index in [4.69, 9.17) is 18.4 Å². The number of aryl methyl sites for hydroxylation is 2. The molecule has 1 aromatic carbocycles. The molecule has 1 aliphatic heterocycles. The Labute approximate surface area is 133 Å². The Hall–Kier alpha value is -1.66. The number of phenolic OH excluding ortho intramolecular Hbond substituents is 1. The van der Waals surface area contributed by atoms with Gasteiger partial charge in [0.25, 0.3) is 0 Å². The zero-order valence-corrected chi connectivity index (χ0v) is 13.8. The van der Waals surface area contributed by atoms with Gasteiger partial charge in [-0.05, 0) is 32.4 Å². The Kier molecular flexibility index (Phi) is 3.37. The highest BCUT2D eigenvalue weighted by atomic mass is 32.1. The number of thiazole rings is 1. The van der Waals surface area contributed by atoms with Crippen LogP contribution in [0.15, 0.2) is 18.0 Å². The molecule has 3 N–H and O–H groups in total. The second kappa shape index (κ2) is 4.96. The lowest BCUT2D eigenvalue weighted by Gasteiger charge is -2.35. The first kappa shape index (κ1) is 14.3. The van der Waals surface area contributed by atoms with Gasteiger partial charge in [0.05, 0.1) is 21.3 Å². The molecule has 0 fully saturated rings. The van der Waals surface area contributed by atoms with Crippen molar-refractivity contribution in [2.45, 2.75) is 26.1 Å². The van der Waals surface area contributed by atoms with Crippen LogP contribution in [-0.4, -0.2) is 10.1 Å². The zero-order chi connectivity index (χ0) is 15.3. The van der Waals surface area contributed by atoms with Gasteiger partial charge in [0, 0.05) is 11.6 Å². The fourth-order valence-corrected chi connectivity index (χ4v) is 4.08. The molecule has 1 aliphatic rings. The summed E-state index contributed by atoms with van der Waals surface area (Å²) in [5, 5.41) is 10.8. The Morgan fingerprint density at radius 3 is 2.76 bits per heavy atom. The highest BCUT2D eigenvalue weighted by Crippen LogP contribution is 2.44. The average molecular weight is 319 g/mol. The first-order valence-corrected chi connectivity index (χ1v) is 7.94. The average Bonchev–Trinajstić information content (AvgIpc) is 2.78. The van der Waals surface area contributed by atoms with Crippen LogP contribution in [-0.2, 0) is 0 Å². The molecule has 3 rings (SSSR count). The van der Waals surface area contributed by atoms with Crippen molar-refractivity contribution >= 4 is 35.7 Å². The van der Waals surface area contributed by atoms with E-state index in [1.165, 1.54) is 0 Å². The molecule has 0 radical (unpaired) electrons. The topological polar surface area (TPSA) is 62.4 Å². The standard InChI is InChI=1S/C15H17N3OS2/c1-7-4-5-11(19)8(2)13(7)18-12(16)6-10-14(15(18)20)21-9(3)17-10/h4-6,15,19-20H,16H2,1-3H3. The molecule has 0 amide bonds. The van der Waals surface area contributed by atoms with Crippen LogP contribution in [0.4, 0.5) is 5.69 Å². The molecule has 110 valence electrons. The molecule has 1 atom stereocenters. The molecule has 2 aromatic rings. The van der Waals surface area contributed by atoms with Crippen LogP contribution in [0.3, 0.4) is 0 Å². The Balaban J connectivity index is 2.19. The molecular weight excluding hydrogens is 302 g/mol. The minimum absolute atomic E-state index is 0.199. The van der Waals surface area contributed by atoms with Crippen LogP contribution in [0.2, 0.25) is 0 Å². The second-order valence-corrected chi connectivity index (χ2v) is 6.89. The summed E-state index contributed by atoms with van der Waals surface area (Å²) in [4.78, 5) is 7.51. The van der Waals surface area contributed by atoms with Crippen LogP contribution in [0.1, 0.15) is 32.1 Å². The summed E-state index contributed by atoms with van der Waals surface area (Å²) in [7, 11) is 0. The molecule has 0 bridgehead atoms. The molecule has 2 heterocycles. The predicted octanol–water partition coefficient (Wildman–Crippen LogP) is 3.48. The van der Waals surface area contributed by atoms with Gasteiger partial charge in [0.1, 0.15) is 16.9 Å². The quantitative estimate of drug-likeness (QED) is 0.704. The van der Waals surface area contributed by atoms with Gasteiger partial charge in [-0.25, -0.2) is 4.98 Å². The van der Waals surface area contributed by atoms with Crippen molar-refractivity contribution in [1.82, 2.24) is 4.98 Å². The monoisotopic (exact) mass is 319 g/mol. The summed E-state index contributed by atoms with van der Waals surface area (Å²) < 4.78 is 0. The largest absolute Gasteiger partial charge is 0.508 e. The van der Waals surface area contributed by atoms with Crippen LogP contribution >= 0.6 is 24.0 Å². The third-order valence-corrected chi connectivity index (χ3v) is 5.38. The second-order valence-electron chi connectivity index (χ2n) is 5.17. The Bertz CT molecular complexity index is 752. The van der Waals surface area contributed by atoms with Crippen LogP contribution in [0.25, 0.3) is 6.08 Å². The Morgan fingerprint density at radius 2 is 2.05 bits per heavy atom. The summed E-state index contributed by atoms with van der Waals surface area (Å²) in [5.41, 5.74) is 9.88. The number of hydrogen-bond donors (Lipinski definition) is 3. The third-order valence-electron chi connectivity index (χ3n) is 3.67. The number of nitrogens with two attached hydrogens (primary N) is 1. The van der Waals surface area contributed by atoms with Crippen molar-refractivity contribution in [3.8, 4) is 5.75 Å². The SMILES string of the molecule is Cc1nc2c(s1)C(S)N(c1c(C)ccc(O)c1C)C(N)=C2. The van der Waals surface area contributed by atoms with E-state index in [0.717, 1.165) is 32.4 Å². The number of aromatic hydroxyl groups is 1. The molecule has 21 heavy (non-hydrogen) atoms. The third kappa shape index (κ3) is 2.18. The van der Waals surface area contributed by atoms with E-state index in [1.54, 1.807) is 17.4 Å². The van der Waals surface area contributed by atoms with Crippen molar-refractivity contribution in [2.75, 3.05) is 4.90 Å². The number of nitrogens with zero attached hydrogens (tertiary/aromatic N) is 2. The lowest BCUT2D eigenvalue weighted by molar-refractivity contribution is 0.471. The molecule has 0 saturated carbocycles. The first-order chi connectivity index (χ1) is 9.90. The van der Waals surface area contributed by atoms with Gasteiger partial charge in [-0.3, -0.25) is 0 Å². The summed E-state index contributed by atoms with van der Waals surface area (Å²) >= 11 is 6.37. The number of benzene rings is 1. The summed E-state index contributed by atoms with van der Waals surface area (Å²) in [6.07, 6.45) is 1.87. The first-order valence-electron chi connectivity index (χ1n) is 6.61. The van der Waals surface area contributed by atoms with Crippen LogP contribution < -0.4 is 10.6 Å². The molecular formula is C15H17N3OS2. The molecule has 6 heteroatoms. The number of thiol groups is 1. The van der Waals surface area contributed by atoms with E-state index >= 15 is 0 Å². The maximum atomic E-state index is 10.0. The van der Waals surface area contributed by atoms with E-state index in [9.17, 15) is 5.11 Å². The fraction of sp³-hybridized carbons (Fsp3) is 0.267. The predicted molar refractivity (Wildman–Crippen MR) is 90.8 cm³/mol. The molecule has 1 aromatic heterocycles. The minimum atomic E-state index is -0.199. The van der Waals surface area contributed by atoms with E-state index in [2.05, 4.69) is 4.98 Å². The molecule has 0 spiro atoms. The van der Waals surface area contributed by atoms with Gasteiger partial charge in [-0.2, -0.15) is 0 Å². The normalized spacial score (nSPS) is 17.6. The van der Waals surface area contributed by atoms with Crippen LogP contribution in [0.5, 0.6) is 5.75 Å². The summed E-state index contributed by atoms with van der Waals surface area (Å²) in [6, 6.07) is 3.59. The lowest BCUT2D eigenvalue weighted by atomic mass is 10.1. The minimum Gasteiger partial charge on any atom is -0.508 e. The van der Waals surface area contributed by atoms with E-state index in [-0.39, 0.29) is 11.1 Å². The van der Waals surface area contributed by atoms with Crippen molar-refractivity contribution in [1.29, 1.82) is 0 Å². The summed E-state index contributed by atoms with van der Waals surface area (Å²) in [5.74, 6) is 0.847. The van der Waals surface area contributed by atoms with E-state index < -0.39 is 0 Å². The fourth-order valence-electron chi connectivity index (χ4n) is 2.66. The highest BCUT2D eigenvalue weighted by Gasteiger charge is 2.30. The number of phenols is 1. The summed E-state index contributed by atoms with van der Waals surface area (Å²) in [6.45, 7) is 5.87. The van der Waals surface area contributed by atoms with Gasteiger partial charge in [-0.1, -0.05) is 6.07 Å². The van der Waals surface area contributed by atoms with Crippen molar-refractivity contribution < 1.29 is 5.11 Å². The molecule has 0 saturated heterocycles. The van der Waals surface area contributed by atoms with Gasteiger partial charge >= 0.3 is 0 Å². The number of aromatic nitrogens is 1. The number of rotatable bonds is 1. The van der Waals surface area contributed by atoms with Crippen molar-refractivity contribution in [3.63, 3.8) is 0 Å². The zero-order valence-electron chi connectivity index (χ0n) is 12.1. The lowest BCUT2D eigenvalue weighted by Crippen LogP contribution is -2.32. The Morgan fingerprint density at radius 1 is 1.33 bits per heavy atom. The van der Waals surface area contributed by atoms with Gasteiger partial charge in [0.15, 0.2) is 0 Å². The molecule has 4 nitrogen and oxygen atoms in total. The van der Waals surface area contributed by atoms with Crippen molar-refractivity contribution in [3.05, 3.63) is 44.7 Å². The maximum absolute atomic E-state index is 10.0. The number of hydrogen-bond acceptors (Lipinski definition) is 6. The van der Waals surface area contributed by atoms with E-state index in [1.807, 2.05) is 37.8 Å². The van der Waals surface area contributed by atoms with E-state index in [0.29, 0.717) is 5.82 Å². The van der Waals surface area contributed by atoms with Crippen molar-refractivity contribution in [2.24, 2.45) is 5.73 Å².